The molecule has 0 amide bonds. The van der Waals surface area contributed by atoms with Crippen LogP contribution in [0, 0.1) is 6.92 Å². The van der Waals surface area contributed by atoms with Crippen LogP contribution < -0.4 is 0 Å². The van der Waals surface area contributed by atoms with Crippen molar-refractivity contribution in [3.63, 3.8) is 0 Å². The van der Waals surface area contributed by atoms with Crippen LogP contribution >= 0.6 is 0 Å². The topological polar surface area (TPSA) is 91.8 Å². The molecule has 1 aliphatic rings. The van der Waals surface area contributed by atoms with Gasteiger partial charge in [0.15, 0.2) is 0 Å². The van der Waals surface area contributed by atoms with Gasteiger partial charge in [-0.05, 0) is 31.9 Å². The Labute approximate surface area is 129 Å². The van der Waals surface area contributed by atoms with Crippen molar-refractivity contribution in [2.24, 2.45) is 0 Å². The molecular formula is C14H19N5O2S. The predicted octanol–water partition coefficient (Wildman–Crippen LogP) is 1.31. The second kappa shape index (κ2) is 5.77. The Morgan fingerprint density at radius 2 is 2.00 bits per heavy atom. The summed E-state index contributed by atoms with van der Waals surface area (Å²) in [7, 11) is -3.10. The van der Waals surface area contributed by atoms with Crippen molar-refractivity contribution in [3.8, 4) is 11.4 Å². The average Bonchev–Trinajstić information content (AvgIpc) is 3.00. The maximum atomic E-state index is 11.6. The maximum absolute atomic E-state index is 11.6. The van der Waals surface area contributed by atoms with E-state index in [9.17, 15) is 8.42 Å². The summed E-state index contributed by atoms with van der Waals surface area (Å²) in [5.41, 5.74) is 2.66. The zero-order chi connectivity index (χ0) is 15.7. The maximum Gasteiger partial charge on any atom is 0.211 e. The summed E-state index contributed by atoms with van der Waals surface area (Å²) in [5.74, 6) is 0.981. The van der Waals surface area contributed by atoms with Crippen LogP contribution in [0.3, 0.4) is 0 Å². The Morgan fingerprint density at radius 1 is 1.27 bits per heavy atom. The molecule has 118 valence electrons. The van der Waals surface area contributed by atoms with Crippen LogP contribution in [0.5, 0.6) is 0 Å². The molecule has 0 spiro atoms. The van der Waals surface area contributed by atoms with E-state index in [0.29, 0.717) is 18.9 Å². The lowest BCUT2D eigenvalue weighted by atomic mass is 9.94. The molecule has 2 aromatic rings. The van der Waals surface area contributed by atoms with Gasteiger partial charge in [0, 0.05) is 30.9 Å². The van der Waals surface area contributed by atoms with Crippen LogP contribution in [0.2, 0.25) is 0 Å². The third-order valence-corrected chi connectivity index (χ3v) is 5.28. The fourth-order valence-corrected chi connectivity index (χ4v) is 3.69. The summed E-state index contributed by atoms with van der Waals surface area (Å²) in [4.78, 5) is 8.98. The van der Waals surface area contributed by atoms with Gasteiger partial charge in [0.05, 0.1) is 17.6 Å². The number of piperidine rings is 1. The summed E-state index contributed by atoms with van der Waals surface area (Å²) in [6.45, 7) is 2.97. The molecule has 3 heterocycles. The molecule has 7 nitrogen and oxygen atoms in total. The zero-order valence-electron chi connectivity index (χ0n) is 12.7. The molecule has 3 rings (SSSR count). The number of hydrogen-bond donors (Lipinski definition) is 1. The molecule has 0 atom stereocenters. The van der Waals surface area contributed by atoms with Gasteiger partial charge in [-0.1, -0.05) is 0 Å². The van der Waals surface area contributed by atoms with E-state index < -0.39 is 10.0 Å². The molecule has 2 aromatic heterocycles. The molecular weight excluding hydrogens is 302 g/mol. The highest BCUT2D eigenvalue weighted by atomic mass is 32.2. The van der Waals surface area contributed by atoms with Crippen LogP contribution in [0.25, 0.3) is 11.4 Å². The second-order valence-corrected chi connectivity index (χ2v) is 7.61. The Bertz CT molecular complexity index is 750. The number of aromatic nitrogens is 4. The van der Waals surface area contributed by atoms with Gasteiger partial charge in [0.2, 0.25) is 10.0 Å². The van der Waals surface area contributed by atoms with Gasteiger partial charge in [0.1, 0.15) is 5.82 Å². The number of hydrogen-bond acceptors (Lipinski definition) is 5. The fourth-order valence-electron chi connectivity index (χ4n) is 2.82. The third kappa shape index (κ3) is 3.17. The first-order chi connectivity index (χ1) is 10.4. The Hall–Kier alpha value is -1.80. The standard InChI is InChI=1S/C14H19N5O2S/c1-10-16-13(9-14(17-10)12-3-6-15-18-12)11-4-7-19(8-5-11)22(2,20)21/h3,6,9,11H,4-5,7-8H2,1-2H3,(H,15,18). The Balaban J connectivity index is 1.82. The van der Waals surface area contributed by atoms with E-state index in [-0.39, 0.29) is 5.92 Å². The number of nitrogens with one attached hydrogen (secondary N) is 1. The SMILES string of the molecule is Cc1nc(-c2ccn[nH]2)cc(C2CCN(S(C)(=O)=O)CC2)n1. The van der Waals surface area contributed by atoms with Crippen molar-refractivity contribution in [1.29, 1.82) is 0 Å². The van der Waals surface area contributed by atoms with Gasteiger partial charge in [-0.25, -0.2) is 22.7 Å². The molecule has 0 aliphatic carbocycles. The van der Waals surface area contributed by atoms with Gasteiger partial charge < -0.3 is 0 Å². The van der Waals surface area contributed by atoms with Gasteiger partial charge in [-0.15, -0.1) is 0 Å². The van der Waals surface area contributed by atoms with E-state index in [4.69, 9.17) is 0 Å². The molecule has 0 bridgehead atoms. The van der Waals surface area contributed by atoms with Gasteiger partial charge >= 0.3 is 0 Å². The van der Waals surface area contributed by atoms with Crippen molar-refractivity contribution in [2.75, 3.05) is 19.3 Å². The van der Waals surface area contributed by atoms with Crippen LogP contribution in [0.4, 0.5) is 0 Å². The van der Waals surface area contributed by atoms with E-state index in [1.165, 1.54) is 10.6 Å². The molecule has 0 radical (unpaired) electrons. The first-order valence-corrected chi connectivity index (χ1v) is 9.09. The minimum absolute atomic E-state index is 0.265. The number of sulfonamides is 1. The van der Waals surface area contributed by atoms with E-state index >= 15 is 0 Å². The molecule has 1 aliphatic heterocycles. The summed E-state index contributed by atoms with van der Waals surface area (Å²) in [6, 6.07) is 3.85. The van der Waals surface area contributed by atoms with Gasteiger partial charge in [-0.2, -0.15) is 5.10 Å². The highest BCUT2D eigenvalue weighted by Crippen LogP contribution is 2.29. The lowest BCUT2D eigenvalue weighted by Gasteiger charge is -2.30. The smallest absolute Gasteiger partial charge is 0.211 e. The van der Waals surface area contributed by atoms with Crippen LogP contribution in [-0.4, -0.2) is 52.2 Å². The van der Waals surface area contributed by atoms with E-state index in [2.05, 4.69) is 20.2 Å². The monoisotopic (exact) mass is 321 g/mol. The van der Waals surface area contributed by atoms with Gasteiger partial charge in [0.25, 0.3) is 0 Å². The van der Waals surface area contributed by atoms with E-state index in [1.807, 2.05) is 19.1 Å². The van der Waals surface area contributed by atoms with Crippen LogP contribution in [-0.2, 0) is 10.0 Å². The number of aromatic amines is 1. The summed E-state index contributed by atoms with van der Waals surface area (Å²) in [6.07, 6.45) is 4.52. The van der Waals surface area contributed by atoms with Crippen molar-refractivity contribution < 1.29 is 8.42 Å². The minimum atomic E-state index is -3.10. The van der Waals surface area contributed by atoms with Crippen molar-refractivity contribution in [2.45, 2.75) is 25.7 Å². The number of nitrogens with zero attached hydrogens (tertiary/aromatic N) is 4. The average molecular weight is 321 g/mol. The summed E-state index contributed by atoms with van der Waals surface area (Å²) in [5, 5.41) is 6.86. The first kappa shape index (κ1) is 15.1. The Morgan fingerprint density at radius 3 is 2.59 bits per heavy atom. The molecule has 8 heteroatoms. The van der Waals surface area contributed by atoms with Gasteiger partial charge in [-0.3, -0.25) is 5.10 Å². The highest BCUT2D eigenvalue weighted by molar-refractivity contribution is 7.88. The largest absolute Gasteiger partial charge is 0.276 e. The minimum Gasteiger partial charge on any atom is -0.276 e. The molecule has 1 saturated heterocycles. The van der Waals surface area contributed by atoms with Crippen LogP contribution in [0.1, 0.15) is 30.3 Å². The second-order valence-electron chi connectivity index (χ2n) is 5.63. The zero-order valence-corrected chi connectivity index (χ0v) is 13.5. The third-order valence-electron chi connectivity index (χ3n) is 3.98. The molecule has 1 N–H and O–H groups in total. The highest BCUT2D eigenvalue weighted by Gasteiger charge is 2.27. The number of rotatable bonds is 3. The normalized spacial score (nSPS) is 17.7. The summed E-state index contributed by atoms with van der Waals surface area (Å²) >= 11 is 0. The fraction of sp³-hybridized carbons (Fsp3) is 0.500. The molecule has 0 unspecified atom stereocenters. The van der Waals surface area contributed by atoms with E-state index in [0.717, 1.165) is 29.9 Å². The quantitative estimate of drug-likeness (QED) is 0.920. The van der Waals surface area contributed by atoms with Crippen molar-refractivity contribution >= 4 is 10.0 Å². The number of H-pyrrole nitrogens is 1. The lowest BCUT2D eigenvalue weighted by Crippen LogP contribution is -2.37. The van der Waals surface area contributed by atoms with Crippen molar-refractivity contribution in [3.05, 3.63) is 29.8 Å². The molecule has 1 fully saturated rings. The predicted molar refractivity (Wildman–Crippen MR) is 82.7 cm³/mol. The lowest BCUT2D eigenvalue weighted by molar-refractivity contribution is 0.318. The Kier molecular flexibility index (Phi) is 3.96. The number of aryl methyl sites for hydroxylation is 1. The van der Waals surface area contributed by atoms with E-state index in [1.54, 1.807) is 6.20 Å². The molecule has 22 heavy (non-hydrogen) atoms. The van der Waals surface area contributed by atoms with Crippen molar-refractivity contribution in [1.82, 2.24) is 24.5 Å². The first-order valence-electron chi connectivity index (χ1n) is 7.24. The molecule has 0 aromatic carbocycles. The summed E-state index contributed by atoms with van der Waals surface area (Å²) < 4.78 is 24.7. The van der Waals surface area contributed by atoms with Crippen LogP contribution in [0.15, 0.2) is 18.3 Å². The molecule has 0 saturated carbocycles.